The molecule has 0 N–H and O–H groups in total. The van der Waals surface area contributed by atoms with Crippen LogP contribution in [0.5, 0.6) is 0 Å². The van der Waals surface area contributed by atoms with E-state index in [4.69, 9.17) is 4.74 Å². The Morgan fingerprint density at radius 3 is 2.45 bits per heavy atom. The number of fused-ring (bicyclic) bond motifs is 1. The van der Waals surface area contributed by atoms with Gasteiger partial charge in [0.25, 0.3) is 0 Å². The van der Waals surface area contributed by atoms with Crippen molar-refractivity contribution < 1.29 is 9.53 Å². The fourth-order valence-corrected chi connectivity index (χ4v) is 2.26. The van der Waals surface area contributed by atoms with Crippen molar-refractivity contribution in [3.8, 4) is 0 Å². The molecule has 0 radical (unpaired) electrons. The topological polar surface area (TPSA) is 47.4 Å². The molecule has 1 aliphatic heterocycles. The second kappa shape index (κ2) is 6.29. The first-order valence-corrected chi connectivity index (χ1v) is 7.27. The monoisotopic (exact) mass is 281 g/mol. The molecular weight excluding hydrogens is 254 g/mol. The number of nitrogens with zero attached hydrogens (tertiary/aromatic N) is 3. The Kier molecular flexibility index (Phi) is 5.20. The van der Waals surface area contributed by atoms with E-state index >= 15 is 0 Å². The first-order valence-electron chi connectivity index (χ1n) is 7.27. The third kappa shape index (κ3) is 3.74. The lowest BCUT2D eigenvalue weighted by molar-refractivity contribution is 0.0222. The van der Waals surface area contributed by atoms with Gasteiger partial charge in [-0.25, -0.2) is 4.79 Å². The molecule has 1 aliphatic rings. The molecule has 0 spiro atoms. The van der Waals surface area contributed by atoms with Crippen molar-refractivity contribution in [2.45, 2.75) is 60.1 Å². The van der Waals surface area contributed by atoms with Crippen LogP contribution in [0.25, 0.3) is 0 Å². The maximum atomic E-state index is 12.0. The number of carbonyl (C=O) groups is 1. The van der Waals surface area contributed by atoms with Gasteiger partial charge >= 0.3 is 6.09 Å². The number of hydrogen-bond donors (Lipinski definition) is 0. The van der Waals surface area contributed by atoms with Gasteiger partial charge < -0.3 is 9.64 Å². The van der Waals surface area contributed by atoms with Crippen molar-refractivity contribution in [2.75, 3.05) is 6.54 Å². The van der Waals surface area contributed by atoms with Gasteiger partial charge in [-0.05, 0) is 27.7 Å². The molecule has 0 unspecified atom stereocenters. The minimum absolute atomic E-state index is 0.239. The number of hydrogen-bond acceptors (Lipinski definition) is 3. The molecule has 2 heterocycles. The normalized spacial score (nSPS) is 14.2. The summed E-state index contributed by atoms with van der Waals surface area (Å²) in [5.74, 6) is 0. The van der Waals surface area contributed by atoms with Gasteiger partial charge in [0.05, 0.1) is 12.2 Å². The Bertz CT molecular complexity index is 472. The highest BCUT2D eigenvalue weighted by Gasteiger charge is 2.28. The molecule has 2 rings (SSSR count). The van der Waals surface area contributed by atoms with E-state index in [-0.39, 0.29) is 6.09 Å². The molecule has 5 nitrogen and oxygen atoms in total. The highest BCUT2D eigenvalue weighted by atomic mass is 16.6. The van der Waals surface area contributed by atoms with Gasteiger partial charge in [0.2, 0.25) is 0 Å². The molecule has 0 aromatic carbocycles. The van der Waals surface area contributed by atoms with Crippen molar-refractivity contribution in [2.24, 2.45) is 7.05 Å². The van der Waals surface area contributed by atoms with E-state index < -0.39 is 5.60 Å². The van der Waals surface area contributed by atoms with E-state index in [0.29, 0.717) is 13.1 Å². The highest BCUT2D eigenvalue weighted by molar-refractivity contribution is 5.68. The van der Waals surface area contributed by atoms with Crippen molar-refractivity contribution in [3.05, 3.63) is 17.0 Å². The standard InChI is InChI=1S/C13H21N3O2.C2H6/c1-9-10-8-16(12(17)18-13(2,3)4)7-6-11(10)15(5)14-9;1-2/h6-8H2,1-5H3;1-2H3. The zero-order chi connectivity index (χ0) is 15.5. The molecular formula is C15H27N3O2. The number of carbonyl (C=O) groups excluding carboxylic acids is 1. The maximum Gasteiger partial charge on any atom is 0.410 e. The summed E-state index contributed by atoms with van der Waals surface area (Å²) in [5, 5.41) is 4.40. The molecule has 0 fully saturated rings. The summed E-state index contributed by atoms with van der Waals surface area (Å²) >= 11 is 0. The summed E-state index contributed by atoms with van der Waals surface area (Å²) in [6.07, 6.45) is 0.600. The summed E-state index contributed by atoms with van der Waals surface area (Å²) in [6, 6.07) is 0. The van der Waals surface area contributed by atoms with Crippen molar-refractivity contribution >= 4 is 6.09 Å². The largest absolute Gasteiger partial charge is 0.444 e. The molecule has 0 bridgehead atoms. The predicted molar refractivity (Wildman–Crippen MR) is 79.6 cm³/mol. The average Bonchev–Trinajstić information content (AvgIpc) is 2.65. The molecule has 1 amide bonds. The first-order chi connectivity index (χ1) is 9.28. The lowest BCUT2D eigenvalue weighted by Crippen LogP contribution is -2.40. The number of aryl methyl sites for hydroxylation is 2. The first kappa shape index (κ1) is 16.5. The average molecular weight is 281 g/mol. The molecule has 0 saturated heterocycles. The lowest BCUT2D eigenvalue weighted by atomic mass is 10.1. The Morgan fingerprint density at radius 2 is 1.90 bits per heavy atom. The quantitative estimate of drug-likeness (QED) is 0.734. The van der Waals surface area contributed by atoms with Gasteiger partial charge in [0.15, 0.2) is 0 Å². The number of amides is 1. The minimum atomic E-state index is -0.443. The zero-order valence-electron chi connectivity index (χ0n) is 13.8. The molecule has 20 heavy (non-hydrogen) atoms. The maximum absolute atomic E-state index is 12.0. The van der Waals surface area contributed by atoms with E-state index in [1.165, 1.54) is 5.69 Å². The SMILES string of the molecule is CC.Cc1nn(C)c2c1CN(C(=O)OC(C)(C)C)CC2. The highest BCUT2D eigenvalue weighted by Crippen LogP contribution is 2.23. The fourth-order valence-electron chi connectivity index (χ4n) is 2.26. The molecule has 114 valence electrons. The Labute approximate surface area is 121 Å². The molecule has 0 saturated carbocycles. The summed E-state index contributed by atoms with van der Waals surface area (Å²) in [4.78, 5) is 13.8. The van der Waals surface area contributed by atoms with Crippen LogP contribution in [0.4, 0.5) is 4.79 Å². The van der Waals surface area contributed by atoms with Crippen LogP contribution in [-0.2, 0) is 24.8 Å². The molecule has 5 heteroatoms. The van der Waals surface area contributed by atoms with Gasteiger partial charge in [-0.15, -0.1) is 0 Å². The van der Waals surface area contributed by atoms with E-state index in [9.17, 15) is 4.79 Å². The smallest absolute Gasteiger partial charge is 0.410 e. The molecule has 0 atom stereocenters. The third-order valence-corrected chi connectivity index (χ3v) is 3.09. The summed E-state index contributed by atoms with van der Waals surface area (Å²) in [6.45, 7) is 12.9. The minimum Gasteiger partial charge on any atom is -0.444 e. The zero-order valence-corrected chi connectivity index (χ0v) is 13.8. The Hall–Kier alpha value is -1.52. The molecule has 1 aromatic rings. The summed E-state index contributed by atoms with van der Waals surface area (Å²) < 4.78 is 7.31. The summed E-state index contributed by atoms with van der Waals surface area (Å²) in [5.41, 5.74) is 2.95. The van der Waals surface area contributed by atoms with Crippen LogP contribution in [0.3, 0.4) is 0 Å². The second-order valence-electron chi connectivity index (χ2n) is 5.79. The van der Waals surface area contributed by atoms with Crippen molar-refractivity contribution in [1.82, 2.24) is 14.7 Å². The Balaban J connectivity index is 0.000000956. The number of ether oxygens (including phenoxy) is 1. The number of rotatable bonds is 0. The molecule has 0 aliphatic carbocycles. The summed E-state index contributed by atoms with van der Waals surface area (Å²) in [7, 11) is 1.95. The van der Waals surface area contributed by atoms with Crippen LogP contribution in [0.1, 0.15) is 51.6 Å². The van der Waals surface area contributed by atoms with E-state index in [2.05, 4.69) is 5.10 Å². The van der Waals surface area contributed by atoms with Crippen LogP contribution >= 0.6 is 0 Å². The van der Waals surface area contributed by atoms with E-state index in [1.54, 1.807) is 4.90 Å². The van der Waals surface area contributed by atoms with Crippen molar-refractivity contribution in [1.29, 1.82) is 0 Å². The fraction of sp³-hybridized carbons (Fsp3) is 0.733. The predicted octanol–water partition coefficient (Wildman–Crippen LogP) is 3.05. The van der Waals surface area contributed by atoms with Gasteiger partial charge in [0.1, 0.15) is 5.60 Å². The van der Waals surface area contributed by atoms with Crippen LogP contribution < -0.4 is 0 Å². The molecule has 1 aromatic heterocycles. The van der Waals surface area contributed by atoms with Crippen LogP contribution in [0, 0.1) is 6.92 Å². The second-order valence-corrected chi connectivity index (χ2v) is 5.79. The van der Waals surface area contributed by atoms with Gasteiger partial charge in [-0.2, -0.15) is 5.10 Å². The lowest BCUT2D eigenvalue weighted by Gasteiger charge is -2.30. The van der Waals surface area contributed by atoms with Gasteiger partial charge in [-0.1, -0.05) is 13.8 Å². The van der Waals surface area contributed by atoms with Crippen LogP contribution in [0.15, 0.2) is 0 Å². The van der Waals surface area contributed by atoms with Crippen LogP contribution in [0.2, 0.25) is 0 Å². The van der Waals surface area contributed by atoms with Crippen molar-refractivity contribution in [3.63, 3.8) is 0 Å². The van der Waals surface area contributed by atoms with Gasteiger partial charge in [-0.3, -0.25) is 4.68 Å². The van der Waals surface area contributed by atoms with Gasteiger partial charge in [0, 0.05) is 31.3 Å². The number of aromatic nitrogens is 2. The van der Waals surface area contributed by atoms with E-state index in [1.807, 2.05) is 53.3 Å². The third-order valence-electron chi connectivity index (χ3n) is 3.09. The van der Waals surface area contributed by atoms with Crippen LogP contribution in [-0.4, -0.2) is 32.9 Å². The van der Waals surface area contributed by atoms with E-state index in [0.717, 1.165) is 17.7 Å². The Morgan fingerprint density at radius 1 is 1.30 bits per heavy atom.